The number of anilines is 1. The molecule has 0 aliphatic carbocycles. The highest BCUT2D eigenvalue weighted by molar-refractivity contribution is 5.97. The number of allylic oxidation sites excluding steroid dienone is 2. The van der Waals surface area contributed by atoms with Crippen LogP contribution in [0.15, 0.2) is 36.4 Å². The lowest BCUT2D eigenvalue weighted by molar-refractivity contribution is 0.0845. The van der Waals surface area contributed by atoms with E-state index in [-0.39, 0.29) is 5.91 Å². The van der Waals surface area contributed by atoms with Gasteiger partial charge in [-0.25, -0.2) is 4.98 Å². The minimum absolute atomic E-state index is 0.0545. The van der Waals surface area contributed by atoms with E-state index in [1.54, 1.807) is 7.11 Å². The van der Waals surface area contributed by atoms with Gasteiger partial charge in [-0.2, -0.15) is 0 Å². The van der Waals surface area contributed by atoms with Crippen LogP contribution in [0.4, 0.5) is 5.69 Å². The molecule has 0 unspecified atom stereocenters. The second-order valence-corrected chi connectivity index (χ2v) is 9.09. The number of hydrogen-bond acceptors (Lipinski definition) is 5. The molecule has 2 aliphatic heterocycles. The number of pyridine rings is 1. The standard InChI is InChI=1S/C28H37N3O3/c1-4-31(22-14-16-34-17-15-22)26-13-9-12-24-23(26)11-8-6-5-7-10-21-18-20(2)30-28(33-3)25(21)19-29-27(24)32/h6,8-9,12-13,18,22H,4-5,7,10-11,14-17,19H2,1-3H3,(H,29,32)/b8-6-. The van der Waals surface area contributed by atoms with Crippen LogP contribution in [0.3, 0.4) is 0 Å². The van der Waals surface area contributed by atoms with Crippen molar-refractivity contribution < 1.29 is 14.3 Å². The van der Waals surface area contributed by atoms with Crippen LogP contribution in [0, 0.1) is 6.92 Å². The van der Waals surface area contributed by atoms with Gasteiger partial charge in [-0.3, -0.25) is 4.79 Å². The molecule has 34 heavy (non-hydrogen) atoms. The normalized spacial score (nSPS) is 18.4. The fourth-order valence-electron chi connectivity index (χ4n) is 5.20. The maximum absolute atomic E-state index is 13.5. The third-order valence-electron chi connectivity index (χ3n) is 6.91. The van der Waals surface area contributed by atoms with Crippen molar-refractivity contribution in [3.8, 4) is 5.88 Å². The molecule has 2 aromatic rings. The van der Waals surface area contributed by atoms with E-state index < -0.39 is 0 Å². The van der Waals surface area contributed by atoms with Crippen LogP contribution in [0.25, 0.3) is 0 Å². The van der Waals surface area contributed by atoms with Crippen molar-refractivity contribution in [2.24, 2.45) is 0 Å². The number of aryl methyl sites for hydroxylation is 2. The number of amides is 1. The summed E-state index contributed by atoms with van der Waals surface area (Å²) in [7, 11) is 1.64. The molecule has 0 bridgehead atoms. The Kier molecular flexibility index (Phi) is 8.22. The number of benzene rings is 1. The summed E-state index contributed by atoms with van der Waals surface area (Å²) < 4.78 is 11.2. The van der Waals surface area contributed by atoms with E-state index >= 15 is 0 Å². The van der Waals surface area contributed by atoms with Crippen LogP contribution in [-0.2, 0) is 24.1 Å². The SMILES string of the molecule is CCN(c1cccc2c1C/C=C\CCCc1cc(C)nc(OC)c1CNC2=O)C1CCOCC1. The highest BCUT2D eigenvalue weighted by Gasteiger charge is 2.25. The summed E-state index contributed by atoms with van der Waals surface area (Å²) in [5, 5.41) is 3.17. The Labute approximate surface area is 203 Å². The molecule has 6 heteroatoms. The summed E-state index contributed by atoms with van der Waals surface area (Å²) >= 11 is 0. The van der Waals surface area contributed by atoms with E-state index in [4.69, 9.17) is 9.47 Å². The van der Waals surface area contributed by atoms with Crippen LogP contribution < -0.4 is 15.0 Å². The number of methoxy groups -OCH3 is 1. The molecule has 1 saturated heterocycles. The number of aromatic nitrogens is 1. The number of nitrogens with zero attached hydrogens (tertiary/aromatic N) is 2. The van der Waals surface area contributed by atoms with Gasteiger partial charge in [0.05, 0.1) is 7.11 Å². The molecule has 1 N–H and O–H groups in total. The van der Waals surface area contributed by atoms with Gasteiger partial charge in [0.2, 0.25) is 5.88 Å². The predicted octanol–water partition coefficient (Wildman–Crippen LogP) is 4.77. The van der Waals surface area contributed by atoms with Gasteiger partial charge in [0.1, 0.15) is 0 Å². The van der Waals surface area contributed by atoms with E-state index in [1.165, 1.54) is 5.56 Å². The van der Waals surface area contributed by atoms with Crippen LogP contribution >= 0.6 is 0 Å². The Morgan fingerprint density at radius 2 is 2.03 bits per heavy atom. The molecule has 0 atom stereocenters. The second-order valence-electron chi connectivity index (χ2n) is 9.09. The summed E-state index contributed by atoms with van der Waals surface area (Å²) in [5.41, 5.74) is 6.11. The zero-order chi connectivity index (χ0) is 23.9. The molecule has 0 spiro atoms. The summed E-state index contributed by atoms with van der Waals surface area (Å²) in [4.78, 5) is 20.5. The molecule has 0 radical (unpaired) electrons. The fourth-order valence-corrected chi connectivity index (χ4v) is 5.20. The van der Waals surface area contributed by atoms with Gasteiger partial charge in [0.15, 0.2) is 0 Å². The van der Waals surface area contributed by atoms with Crippen molar-refractivity contribution in [2.75, 3.05) is 31.8 Å². The Morgan fingerprint density at radius 1 is 1.21 bits per heavy atom. The maximum atomic E-state index is 13.5. The van der Waals surface area contributed by atoms with Crippen LogP contribution in [0.2, 0.25) is 0 Å². The Morgan fingerprint density at radius 3 is 2.79 bits per heavy atom. The van der Waals surface area contributed by atoms with E-state index in [9.17, 15) is 4.79 Å². The number of carbonyl (C=O) groups is 1. The molecule has 2 aliphatic rings. The summed E-state index contributed by atoms with van der Waals surface area (Å²) in [6.07, 6.45) is 10.2. The van der Waals surface area contributed by atoms with Crippen LogP contribution in [0.1, 0.15) is 65.3 Å². The van der Waals surface area contributed by atoms with Crippen molar-refractivity contribution in [3.63, 3.8) is 0 Å². The van der Waals surface area contributed by atoms with Crippen molar-refractivity contribution in [2.45, 2.75) is 65.0 Å². The van der Waals surface area contributed by atoms with Gasteiger partial charge in [0.25, 0.3) is 5.91 Å². The fraction of sp³-hybridized carbons (Fsp3) is 0.500. The van der Waals surface area contributed by atoms with Gasteiger partial charge < -0.3 is 19.7 Å². The lowest BCUT2D eigenvalue weighted by Gasteiger charge is -2.37. The largest absolute Gasteiger partial charge is 0.481 e. The van der Waals surface area contributed by atoms with Gasteiger partial charge in [-0.1, -0.05) is 18.2 Å². The van der Waals surface area contributed by atoms with Crippen LogP contribution in [0.5, 0.6) is 5.88 Å². The third kappa shape index (κ3) is 5.44. The minimum Gasteiger partial charge on any atom is -0.481 e. The lowest BCUT2D eigenvalue weighted by atomic mass is 9.97. The molecule has 6 nitrogen and oxygen atoms in total. The van der Waals surface area contributed by atoms with E-state index in [1.807, 2.05) is 19.1 Å². The molecular formula is C28H37N3O3. The Hall–Kier alpha value is -2.86. The Balaban J connectivity index is 1.70. The topological polar surface area (TPSA) is 63.7 Å². The molecule has 0 saturated carbocycles. The van der Waals surface area contributed by atoms with Gasteiger partial charge in [-0.15, -0.1) is 0 Å². The molecule has 1 aromatic carbocycles. The van der Waals surface area contributed by atoms with E-state index in [2.05, 4.69) is 46.4 Å². The molecule has 4 rings (SSSR count). The first-order chi connectivity index (χ1) is 16.6. The first-order valence-electron chi connectivity index (χ1n) is 12.5. The van der Waals surface area contributed by atoms with Crippen molar-refractivity contribution in [1.82, 2.24) is 10.3 Å². The molecule has 1 amide bonds. The van der Waals surface area contributed by atoms with Gasteiger partial charge in [0, 0.05) is 54.9 Å². The van der Waals surface area contributed by atoms with Crippen molar-refractivity contribution in [3.05, 3.63) is 64.4 Å². The molecule has 3 heterocycles. The molecular weight excluding hydrogens is 426 g/mol. The van der Waals surface area contributed by atoms with Crippen molar-refractivity contribution >= 4 is 11.6 Å². The quantitative estimate of drug-likeness (QED) is 0.662. The second kappa shape index (κ2) is 11.5. The zero-order valence-electron chi connectivity index (χ0n) is 20.7. The lowest BCUT2D eigenvalue weighted by Crippen LogP contribution is -2.40. The average molecular weight is 464 g/mol. The molecule has 182 valence electrons. The molecule has 1 fully saturated rings. The zero-order valence-corrected chi connectivity index (χ0v) is 20.7. The first kappa shape index (κ1) is 24.3. The number of nitrogens with one attached hydrogen (secondary N) is 1. The van der Waals surface area contributed by atoms with Gasteiger partial charge >= 0.3 is 0 Å². The third-order valence-corrected chi connectivity index (χ3v) is 6.91. The van der Waals surface area contributed by atoms with Gasteiger partial charge in [-0.05, 0) is 81.7 Å². The average Bonchev–Trinajstić information content (AvgIpc) is 2.87. The summed E-state index contributed by atoms with van der Waals surface area (Å²) in [6, 6.07) is 8.68. The monoisotopic (exact) mass is 463 g/mol. The number of carbonyl (C=O) groups excluding carboxylic acids is 1. The highest BCUT2D eigenvalue weighted by Crippen LogP contribution is 2.30. The Bertz CT molecular complexity index is 1030. The maximum Gasteiger partial charge on any atom is 0.251 e. The smallest absolute Gasteiger partial charge is 0.251 e. The number of hydrogen-bond donors (Lipinski definition) is 1. The summed E-state index contributed by atoms with van der Waals surface area (Å²) in [5.74, 6) is 0.549. The first-order valence-corrected chi connectivity index (χ1v) is 12.5. The predicted molar refractivity (Wildman–Crippen MR) is 136 cm³/mol. The highest BCUT2D eigenvalue weighted by atomic mass is 16.5. The summed E-state index contributed by atoms with van der Waals surface area (Å²) in [6.45, 7) is 7.08. The van der Waals surface area contributed by atoms with Crippen molar-refractivity contribution in [1.29, 1.82) is 0 Å². The minimum atomic E-state index is -0.0545. The number of ether oxygens (including phenoxy) is 2. The number of rotatable bonds is 4. The van der Waals surface area contributed by atoms with E-state index in [0.717, 1.165) is 86.4 Å². The molecule has 1 aromatic heterocycles. The van der Waals surface area contributed by atoms with Crippen LogP contribution in [-0.4, -0.2) is 43.8 Å². The van der Waals surface area contributed by atoms with E-state index in [0.29, 0.717) is 18.5 Å². The number of fused-ring (bicyclic) bond motifs is 2.